The summed E-state index contributed by atoms with van der Waals surface area (Å²) in [5, 5.41) is 0. The zero-order valence-corrected chi connectivity index (χ0v) is 8.71. The van der Waals surface area contributed by atoms with E-state index in [1.165, 1.54) is 12.1 Å². The van der Waals surface area contributed by atoms with Crippen molar-refractivity contribution in [2.24, 2.45) is 0 Å². The van der Waals surface area contributed by atoms with E-state index >= 15 is 0 Å². The summed E-state index contributed by atoms with van der Waals surface area (Å²) in [5.41, 5.74) is -0.499. The molecule has 1 saturated heterocycles. The molecule has 1 aromatic rings. The normalized spacial score (nSPS) is 21.3. The highest BCUT2D eigenvalue weighted by atomic mass is 19.4. The number of hydrogen-bond acceptors (Lipinski definition) is 2. The van der Waals surface area contributed by atoms with Crippen LogP contribution in [0.2, 0.25) is 0 Å². The summed E-state index contributed by atoms with van der Waals surface area (Å²) in [4.78, 5) is 0. The predicted molar refractivity (Wildman–Crippen MR) is 50.9 cm³/mol. The van der Waals surface area contributed by atoms with E-state index in [-0.39, 0.29) is 12.7 Å². The number of ether oxygens (including phenoxy) is 2. The molecule has 0 aliphatic carbocycles. The SMILES string of the molecule is Fc1ccccc1[C@H](OC[C@@H]1CO1)C(F)(F)F. The summed E-state index contributed by atoms with van der Waals surface area (Å²) in [7, 11) is 0. The molecule has 1 heterocycles. The molecule has 94 valence electrons. The average molecular weight is 250 g/mol. The minimum absolute atomic E-state index is 0.182. The van der Waals surface area contributed by atoms with E-state index in [1.807, 2.05) is 0 Å². The average Bonchev–Trinajstić information content (AvgIpc) is 3.03. The molecule has 0 radical (unpaired) electrons. The quantitative estimate of drug-likeness (QED) is 0.605. The molecular weight excluding hydrogens is 240 g/mol. The highest BCUT2D eigenvalue weighted by molar-refractivity contribution is 5.21. The smallest absolute Gasteiger partial charge is 0.371 e. The molecule has 0 amide bonds. The highest BCUT2D eigenvalue weighted by Crippen LogP contribution is 2.37. The van der Waals surface area contributed by atoms with Crippen molar-refractivity contribution in [2.45, 2.75) is 18.4 Å². The van der Waals surface area contributed by atoms with Crippen LogP contribution in [0, 0.1) is 5.82 Å². The van der Waals surface area contributed by atoms with Gasteiger partial charge < -0.3 is 9.47 Å². The molecule has 2 nitrogen and oxygen atoms in total. The van der Waals surface area contributed by atoms with Crippen molar-refractivity contribution in [1.82, 2.24) is 0 Å². The first-order valence-electron chi connectivity index (χ1n) is 5.03. The van der Waals surface area contributed by atoms with Gasteiger partial charge in [-0.25, -0.2) is 4.39 Å². The van der Waals surface area contributed by atoms with Gasteiger partial charge in [0.25, 0.3) is 0 Å². The third-order valence-corrected chi connectivity index (χ3v) is 2.34. The van der Waals surface area contributed by atoms with Crippen molar-refractivity contribution >= 4 is 0 Å². The Labute approximate surface area is 95.1 Å². The fourth-order valence-electron chi connectivity index (χ4n) is 1.42. The number of alkyl halides is 3. The van der Waals surface area contributed by atoms with Crippen molar-refractivity contribution in [1.29, 1.82) is 0 Å². The molecule has 17 heavy (non-hydrogen) atoms. The number of hydrogen-bond donors (Lipinski definition) is 0. The van der Waals surface area contributed by atoms with Crippen LogP contribution in [0.25, 0.3) is 0 Å². The maximum absolute atomic E-state index is 13.3. The Morgan fingerprint density at radius 1 is 1.35 bits per heavy atom. The lowest BCUT2D eigenvalue weighted by atomic mass is 10.1. The summed E-state index contributed by atoms with van der Waals surface area (Å²) in [6.07, 6.45) is -7.18. The summed E-state index contributed by atoms with van der Waals surface area (Å²) in [6.45, 7) is 0.209. The molecule has 0 spiro atoms. The zero-order chi connectivity index (χ0) is 12.5. The molecule has 1 fully saturated rings. The van der Waals surface area contributed by atoms with Crippen molar-refractivity contribution in [2.75, 3.05) is 13.2 Å². The first kappa shape index (κ1) is 12.3. The molecule has 0 N–H and O–H groups in total. The second kappa shape index (κ2) is 4.62. The topological polar surface area (TPSA) is 21.8 Å². The largest absolute Gasteiger partial charge is 0.418 e. The van der Waals surface area contributed by atoms with E-state index in [9.17, 15) is 17.6 Å². The molecule has 2 atom stereocenters. The van der Waals surface area contributed by atoms with Gasteiger partial charge in [0.2, 0.25) is 0 Å². The van der Waals surface area contributed by atoms with Crippen LogP contribution in [0.4, 0.5) is 17.6 Å². The van der Waals surface area contributed by atoms with Crippen molar-refractivity contribution in [3.8, 4) is 0 Å². The van der Waals surface area contributed by atoms with Gasteiger partial charge in [0.05, 0.1) is 13.2 Å². The monoisotopic (exact) mass is 250 g/mol. The molecule has 0 saturated carbocycles. The first-order chi connectivity index (χ1) is 7.98. The molecule has 0 unspecified atom stereocenters. The molecule has 2 rings (SSSR count). The Bertz CT molecular complexity index is 387. The number of halogens is 4. The lowest BCUT2D eigenvalue weighted by Crippen LogP contribution is -2.26. The van der Waals surface area contributed by atoms with E-state index in [0.717, 1.165) is 12.1 Å². The van der Waals surface area contributed by atoms with Crippen LogP contribution in [0.15, 0.2) is 24.3 Å². The Morgan fingerprint density at radius 3 is 2.53 bits per heavy atom. The second-order valence-corrected chi connectivity index (χ2v) is 3.73. The molecule has 0 aromatic heterocycles. The maximum atomic E-state index is 13.3. The van der Waals surface area contributed by atoms with Crippen LogP contribution >= 0.6 is 0 Å². The number of epoxide rings is 1. The van der Waals surface area contributed by atoms with Gasteiger partial charge in [-0.1, -0.05) is 18.2 Å². The lowest BCUT2D eigenvalue weighted by molar-refractivity contribution is -0.225. The van der Waals surface area contributed by atoms with E-state index in [2.05, 4.69) is 0 Å². The maximum Gasteiger partial charge on any atom is 0.418 e. The van der Waals surface area contributed by atoms with Gasteiger partial charge in [-0.2, -0.15) is 13.2 Å². The van der Waals surface area contributed by atoms with Crippen LogP contribution in [0.3, 0.4) is 0 Å². The Balaban J connectivity index is 2.16. The van der Waals surface area contributed by atoms with Gasteiger partial charge in [-0.05, 0) is 6.07 Å². The summed E-state index contributed by atoms with van der Waals surface area (Å²) in [5.74, 6) is -0.924. The minimum Gasteiger partial charge on any atom is -0.371 e. The zero-order valence-electron chi connectivity index (χ0n) is 8.71. The van der Waals surface area contributed by atoms with Gasteiger partial charge in [-0.3, -0.25) is 0 Å². The fraction of sp³-hybridized carbons (Fsp3) is 0.455. The molecule has 1 aliphatic heterocycles. The Hall–Kier alpha value is -1.14. The number of rotatable bonds is 4. The van der Waals surface area contributed by atoms with Gasteiger partial charge in [0.15, 0.2) is 6.10 Å². The van der Waals surface area contributed by atoms with Gasteiger partial charge >= 0.3 is 6.18 Å². The third kappa shape index (κ3) is 3.17. The summed E-state index contributed by atoms with van der Waals surface area (Å²) < 4.78 is 60.9. The second-order valence-electron chi connectivity index (χ2n) is 3.73. The van der Waals surface area contributed by atoms with Crippen LogP contribution in [-0.4, -0.2) is 25.5 Å². The Morgan fingerprint density at radius 2 is 2.00 bits per heavy atom. The van der Waals surface area contributed by atoms with Gasteiger partial charge in [0.1, 0.15) is 11.9 Å². The minimum atomic E-state index is -4.64. The van der Waals surface area contributed by atoms with Crippen molar-refractivity contribution in [3.05, 3.63) is 35.6 Å². The number of benzene rings is 1. The fourth-order valence-corrected chi connectivity index (χ4v) is 1.42. The van der Waals surface area contributed by atoms with Crippen molar-refractivity contribution < 1.29 is 27.0 Å². The van der Waals surface area contributed by atoms with Crippen LogP contribution in [-0.2, 0) is 9.47 Å². The predicted octanol–water partition coefficient (Wildman–Crippen LogP) is 2.84. The summed E-state index contributed by atoms with van der Waals surface area (Å²) in [6, 6.07) is 4.72. The standard InChI is InChI=1S/C11H10F4O2/c12-9-4-2-1-3-8(9)10(11(13,14)15)17-6-7-5-16-7/h1-4,7,10H,5-6H2/t7-,10-/m0/s1. The van der Waals surface area contributed by atoms with E-state index in [1.54, 1.807) is 0 Å². The first-order valence-corrected chi connectivity index (χ1v) is 5.03. The van der Waals surface area contributed by atoms with Crippen LogP contribution in [0.5, 0.6) is 0 Å². The van der Waals surface area contributed by atoms with Crippen LogP contribution in [0.1, 0.15) is 11.7 Å². The molecule has 6 heteroatoms. The third-order valence-electron chi connectivity index (χ3n) is 2.34. The lowest BCUT2D eigenvalue weighted by Gasteiger charge is -2.21. The van der Waals surface area contributed by atoms with Crippen molar-refractivity contribution in [3.63, 3.8) is 0 Å². The van der Waals surface area contributed by atoms with Gasteiger partial charge in [-0.15, -0.1) is 0 Å². The van der Waals surface area contributed by atoms with Crippen LogP contribution < -0.4 is 0 Å². The molecule has 0 bridgehead atoms. The molecule has 1 aliphatic rings. The summed E-state index contributed by atoms with van der Waals surface area (Å²) >= 11 is 0. The van der Waals surface area contributed by atoms with E-state index in [4.69, 9.17) is 9.47 Å². The molecule has 1 aromatic carbocycles. The van der Waals surface area contributed by atoms with Gasteiger partial charge in [0, 0.05) is 5.56 Å². The molecular formula is C11H10F4O2. The highest BCUT2D eigenvalue weighted by Gasteiger charge is 2.44. The van der Waals surface area contributed by atoms with E-state index in [0.29, 0.717) is 6.61 Å². The van der Waals surface area contributed by atoms with E-state index < -0.39 is 23.7 Å². The Kier molecular flexibility index (Phi) is 3.35.